The topological polar surface area (TPSA) is 95.6 Å². The van der Waals surface area contributed by atoms with Crippen molar-refractivity contribution in [1.29, 1.82) is 0 Å². The van der Waals surface area contributed by atoms with E-state index in [4.69, 9.17) is 0 Å². The average molecular weight is 442 g/mol. The van der Waals surface area contributed by atoms with Crippen LogP contribution >= 0.6 is 0 Å². The summed E-state index contributed by atoms with van der Waals surface area (Å²) in [5.74, 6) is -0.367. The maximum Gasteiger partial charge on any atom is 0.243 e. The van der Waals surface area contributed by atoms with E-state index < -0.39 is 16.1 Å². The molecule has 0 aromatic heterocycles. The fourth-order valence-corrected chi connectivity index (χ4v) is 5.94. The minimum Gasteiger partial charge on any atom is -0.326 e. The Morgan fingerprint density at radius 2 is 2.00 bits per heavy atom. The van der Waals surface area contributed by atoms with Crippen LogP contribution in [0.1, 0.15) is 43.7 Å². The van der Waals surface area contributed by atoms with Gasteiger partial charge in [0.25, 0.3) is 0 Å². The Labute approximate surface area is 182 Å². The Kier molecular flexibility index (Phi) is 6.11. The molecule has 164 valence electrons. The van der Waals surface area contributed by atoms with Crippen LogP contribution in [0.4, 0.5) is 11.4 Å². The molecule has 2 aromatic carbocycles. The standard InChI is InChI=1S/C23H27N3O4S/c1-2-16-6-3-8-18(14-16)24-23(28)21-9-5-13-26(21)31(29,30)19-11-12-20-17(15-19)7-4-10-22(27)25-20/h3,6,8,11-12,14-15,21H,2,4-5,7,9-10,13H2,1H3,(H,24,28)(H,25,27). The number of benzene rings is 2. The van der Waals surface area contributed by atoms with Crippen molar-refractivity contribution >= 4 is 33.2 Å². The molecule has 1 saturated heterocycles. The molecule has 8 heteroatoms. The summed E-state index contributed by atoms with van der Waals surface area (Å²) in [5, 5.41) is 5.71. The van der Waals surface area contributed by atoms with Crippen LogP contribution in [0.2, 0.25) is 0 Å². The van der Waals surface area contributed by atoms with Gasteiger partial charge in [0.15, 0.2) is 0 Å². The van der Waals surface area contributed by atoms with Crippen molar-refractivity contribution in [2.45, 2.75) is 56.4 Å². The first-order valence-electron chi connectivity index (χ1n) is 10.7. The first-order chi connectivity index (χ1) is 14.9. The quantitative estimate of drug-likeness (QED) is 0.744. The summed E-state index contributed by atoms with van der Waals surface area (Å²) in [7, 11) is -3.84. The lowest BCUT2D eigenvalue weighted by molar-refractivity contribution is -0.119. The maximum absolute atomic E-state index is 13.4. The van der Waals surface area contributed by atoms with E-state index in [0.29, 0.717) is 50.0 Å². The molecule has 1 unspecified atom stereocenters. The van der Waals surface area contributed by atoms with E-state index in [0.717, 1.165) is 17.5 Å². The van der Waals surface area contributed by atoms with Gasteiger partial charge in [0, 0.05) is 24.3 Å². The molecular formula is C23H27N3O4S. The number of nitrogens with zero attached hydrogens (tertiary/aromatic N) is 1. The molecule has 4 rings (SSSR count). The van der Waals surface area contributed by atoms with Gasteiger partial charge < -0.3 is 10.6 Å². The Morgan fingerprint density at radius 3 is 2.81 bits per heavy atom. The number of hydrogen-bond donors (Lipinski definition) is 2. The first kappa shape index (κ1) is 21.5. The van der Waals surface area contributed by atoms with Crippen molar-refractivity contribution < 1.29 is 18.0 Å². The van der Waals surface area contributed by atoms with Gasteiger partial charge in [-0.1, -0.05) is 19.1 Å². The van der Waals surface area contributed by atoms with Gasteiger partial charge in [-0.25, -0.2) is 8.42 Å². The summed E-state index contributed by atoms with van der Waals surface area (Å²) < 4.78 is 28.1. The maximum atomic E-state index is 13.4. The van der Waals surface area contributed by atoms with Crippen LogP contribution in [-0.4, -0.2) is 37.1 Å². The third kappa shape index (κ3) is 4.50. The van der Waals surface area contributed by atoms with E-state index in [1.54, 1.807) is 12.1 Å². The molecule has 1 atom stereocenters. The lowest BCUT2D eigenvalue weighted by Crippen LogP contribution is -2.43. The van der Waals surface area contributed by atoms with E-state index in [9.17, 15) is 18.0 Å². The lowest BCUT2D eigenvalue weighted by Gasteiger charge is -2.24. The highest BCUT2D eigenvalue weighted by Crippen LogP contribution is 2.31. The zero-order valence-electron chi connectivity index (χ0n) is 17.6. The van der Waals surface area contributed by atoms with Gasteiger partial charge in [-0.15, -0.1) is 0 Å². The van der Waals surface area contributed by atoms with Crippen molar-refractivity contribution in [1.82, 2.24) is 4.31 Å². The minimum absolute atomic E-state index is 0.0576. The van der Waals surface area contributed by atoms with Crippen molar-refractivity contribution in [3.63, 3.8) is 0 Å². The molecule has 2 aliphatic heterocycles. The highest BCUT2D eigenvalue weighted by Gasteiger charge is 2.39. The van der Waals surface area contributed by atoms with E-state index in [2.05, 4.69) is 10.6 Å². The molecule has 2 aromatic rings. The first-order valence-corrected chi connectivity index (χ1v) is 12.2. The largest absolute Gasteiger partial charge is 0.326 e. The minimum atomic E-state index is -3.84. The average Bonchev–Trinajstić information content (AvgIpc) is 3.18. The van der Waals surface area contributed by atoms with Crippen LogP contribution in [0.5, 0.6) is 0 Å². The van der Waals surface area contributed by atoms with Gasteiger partial charge >= 0.3 is 0 Å². The molecule has 0 saturated carbocycles. The summed E-state index contributed by atoms with van der Waals surface area (Å²) in [6.45, 7) is 2.35. The number of carbonyl (C=O) groups excluding carboxylic acids is 2. The highest BCUT2D eigenvalue weighted by molar-refractivity contribution is 7.89. The number of nitrogens with one attached hydrogen (secondary N) is 2. The van der Waals surface area contributed by atoms with Gasteiger partial charge in [-0.05, 0) is 73.6 Å². The molecule has 0 aliphatic carbocycles. The molecule has 2 N–H and O–H groups in total. The number of aryl methyl sites for hydroxylation is 2. The van der Waals surface area contributed by atoms with Crippen LogP contribution in [0.25, 0.3) is 0 Å². The Bertz CT molecular complexity index is 1110. The van der Waals surface area contributed by atoms with Gasteiger partial charge in [0.2, 0.25) is 21.8 Å². The number of carbonyl (C=O) groups is 2. The number of sulfonamides is 1. The van der Waals surface area contributed by atoms with Gasteiger partial charge in [0.1, 0.15) is 6.04 Å². The molecular weight excluding hydrogens is 414 g/mol. The number of rotatable bonds is 5. The molecule has 31 heavy (non-hydrogen) atoms. The van der Waals surface area contributed by atoms with Crippen LogP contribution in [0.15, 0.2) is 47.4 Å². The Balaban J connectivity index is 1.56. The van der Waals surface area contributed by atoms with Crippen LogP contribution in [0, 0.1) is 0 Å². The van der Waals surface area contributed by atoms with Gasteiger partial charge in [-0.2, -0.15) is 4.31 Å². The van der Waals surface area contributed by atoms with E-state index in [-0.39, 0.29) is 16.7 Å². The molecule has 7 nitrogen and oxygen atoms in total. The second-order valence-electron chi connectivity index (χ2n) is 8.04. The lowest BCUT2D eigenvalue weighted by atomic mass is 10.1. The fraction of sp³-hybridized carbons (Fsp3) is 0.391. The molecule has 0 spiro atoms. The van der Waals surface area contributed by atoms with Gasteiger partial charge in [0.05, 0.1) is 4.90 Å². The summed E-state index contributed by atoms with van der Waals surface area (Å²) >= 11 is 0. The molecule has 2 aliphatic rings. The summed E-state index contributed by atoms with van der Waals surface area (Å²) in [6, 6.07) is 11.6. The van der Waals surface area contributed by atoms with E-state index in [1.165, 1.54) is 10.4 Å². The number of fused-ring (bicyclic) bond motifs is 1. The van der Waals surface area contributed by atoms with Crippen LogP contribution < -0.4 is 10.6 Å². The summed E-state index contributed by atoms with van der Waals surface area (Å²) in [6.07, 6.45) is 3.70. The molecule has 1 fully saturated rings. The third-order valence-corrected chi connectivity index (χ3v) is 7.82. The zero-order valence-corrected chi connectivity index (χ0v) is 18.4. The van der Waals surface area contributed by atoms with Crippen molar-refractivity contribution in [2.75, 3.05) is 17.2 Å². The molecule has 0 bridgehead atoms. The van der Waals surface area contributed by atoms with Crippen molar-refractivity contribution in [3.8, 4) is 0 Å². The Morgan fingerprint density at radius 1 is 1.16 bits per heavy atom. The van der Waals surface area contributed by atoms with Crippen LogP contribution in [-0.2, 0) is 32.5 Å². The van der Waals surface area contributed by atoms with Crippen molar-refractivity contribution in [2.24, 2.45) is 0 Å². The van der Waals surface area contributed by atoms with E-state index in [1.807, 2.05) is 31.2 Å². The fourth-order valence-electron chi connectivity index (χ4n) is 4.23. The monoisotopic (exact) mass is 441 g/mol. The highest BCUT2D eigenvalue weighted by atomic mass is 32.2. The second kappa shape index (κ2) is 8.80. The van der Waals surface area contributed by atoms with Crippen LogP contribution in [0.3, 0.4) is 0 Å². The zero-order chi connectivity index (χ0) is 22.0. The molecule has 0 radical (unpaired) electrons. The van der Waals surface area contributed by atoms with E-state index >= 15 is 0 Å². The molecule has 2 heterocycles. The summed E-state index contributed by atoms with van der Waals surface area (Å²) in [4.78, 5) is 24.9. The number of amides is 2. The second-order valence-corrected chi connectivity index (χ2v) is 9.93. The SMILES string of the molecule is CCc1cccc(NC(=O)C2CCCN2S(=O)(=O)c2ccc3c(c2)CCCC(=O)N3)c1. The Hall–Kier alpha value is -2.71. The smallest absolute Gasteiger partial charge is 0.243 e. The van der Waals surface area contributed by atoms with Crippen molar-refractivity contribution in [3.05, 3.63) is 53.6 Å². The van der Waals surface area contributed by atoms with Gasteiger partial charge in [-0.3, -0.25) is 9.59 Å². The summed E-state index contributed by atoms with van der Waals surface area (Å²) in [5.41, 5.74) is 3.25. The third-order valence-electron chi connectivity index (χ3n) is 5.92. The predicted octanol–water partition coefficient (Wildman–Crippen LogP) is 3.32. The number of hydrogen-bond acceptors (Lipinski definition) is 4. The number of anilines is 2. The normalized spacial score (nSPS) is 19.4. The molecule has 2 amide bonds. The predicted molar refractivity (Wildman–Crippen MR) is 119 cm³/mol.